The molecule has 1 N–H and O–H groups in total. The van der Waals surface area contributed by atoms with Crippen molar-refractivity contribution in [3.8, 4) is 0 Å². The Morgan fingerprint density at radius 2 is 2.00 bits per heavy atom. The molecule has 82 valence electrons. The molecule has 0 bridgehead atoms. The first-order chi connectivity index (χ1) is 7.61. The number of carbonyl (C=O) groups is 2. The Balaban J connectivity index is 2.25. The Kier molecular flexibility index (Phi) is 2.70. The summed E-state index contributed by atoms with van der Waals surface area (Å²) in [6.45, 7) is 1.68. The average molecular weight is 234 g/mol. The van der Waals surface area contributed by atoms with Crippen LogP contribution in [0.5, 0.6) is 0 Å². The summed E-state index contributed by atoms with van der Waals surface area (Å²) in [5, 5.41) is 0.975. The van der Waals surface area contributed by atoms with E-state index in [-0.39, 0.29) is 11.8 Å². The van der Waals surface area contributed by atoms with E-state index in [4.69, 9.17) is 12.2 Å². The Hall–Kier alpha value is -1.75. The molecule has 4 nitrogen and oxygen atoms in total. The molecular weight excluding hydrogens is 224 g/mol. The molecule has 1 atom stereocenters. The van der Waals surface area contributed by atoms with Gasteiger partial charge in [0.15, 0.2) is 0 Å². The summed E-state index contributed by atoms with van der Waals surface area (Å²) in [7, 11) is 0. The van der Waals surface area contributed by atoms with Crippen molar-refractivity contribution in [3.05, 3.63) is 35.9 Å². The van der Waals surface area contributed by atoms with Gasteiger partial charge in [-0.3, -0.25) is 15.0 Å². The molecule has 2 rings (SSSR count). The van der Waals surface area contributed by atoms with Crippen molar-refractivity contribution < 1.29 is 9.59 Å². The van der Waals surface area contributed by atoms with Crippen LogP contribution in [0.2, 0.25) is 0 Å². The molecule has 1 heterocycles. The molecule has 5 heteroatoms. The number of nitrogens with one attached hydrogen (secondary N) is 1. The first-order valence-corrected chi connectivity index (χ1v) is 5.26. The molecule has 0 radical (unpaired) electrons. The van der Waals surface area contributed by atoms with E-state index in [2.05, 4.69) is 5.43 Å². The lowest BCUT2D eigenvalue weighted by Crippen LogP contribution is -2.40. The second-order valence-corrected chi connectivity index (χ2v) is 3.98. The van der Waals surface area contributed by atoms with Crippen LogP contribution in [0.4, 0.5) is 0 Å². The monoisotopic (exact) mass is 234 g/mol. The summed E-state index contributed by atoms with van der Waals surface area (Å²) < 4.78 is 0. The van der Waals surface area contributed by atoms with Gasteiger partial charge in [0.25, 0.3) is 11.8 Å². The Bertz CT molecular complexity index is 458. The zero-order valence-electron chi connectivity index (χ0n) is 8.64. The van der Waals surface area contributed by atoms with Gasteiger partial charge in [-0.05, 0) is 19.1 Å². The number of hydrogen-bond acceptors (Lipinski definition) is 3. The lowest BCUT2D eigenvalue weighted by molar-refractivity contribution is -0.129. The second kappa shape index (κ2) is 4.02. The van der Waals surface area contributed by atoms with Crippen molar-refractivity contribution in [1.29, 1.82) is 0 Å². The average Bonchev–Trinajstić information content (AvgIpc) is 2.57. The van der Waals surface area contributed by atoms with E-state index in [1.165, 1.54) is 0 Å². The summed E-state index contributed by atoms with van der Waals surface area (Å²) in [5.41, 5.74) is 3.08. The molecule has 1 fully saturated rings. The normalized spacial score (nSPS) is 19.8. The van der Waals surface area contributed by atoms with Crippen LogP contribution in [0.3, 0.4) is 0 Å². The molecule has 1 aliphatic rings. The molecule has 1 aromatic carbocycles. The van der Waals surface area contributed by atoms with Crippen molar-refractivity contribution in [2.75, 3.05) is 0 Å². The van der Waals surface area contributed by atoms with Gasteiger partial charge in [-0.2, -0.15) is 5.01 Å². The highest BCUT2D eigenvalue weighted by Gasteiger charge is 2.36. The number of imide groups is 1. The highest BCUT2D eigenvalue weighted by molar-refractivity contribution is 7.80. The lowest BCUT2D eigenvalue weighted by Gasteiger charge is -2.13. The molecule has 2 amide bonds. The smallest absolute Gasteiger partial charge is 0.279 e. The Morgan fingerprint density at radius 3 is 2.50 bits per heavy atom. The minimum Gasteiger partial charge on any atom is -0.281 e. The first-order valence-electron chi connectivity index (χ1n) is 4.85. The van der Waals surface area contributed by atoms with Gasteiger partial charge in [0.1, 0.15) is 4.99 Å². The number of rotatable bonds is 1. The Morgan fingerprint density at radius 1 is 1.38 bits per heavy atom. The lowest BCUT2D eigenvalue weighted by atomic mass is 10.1. The van der Waals surface area contributed by atoms with Crippen molar-refractivity contribution in [2.45, 2.75) is 6.92 Å². The molecule has 0 spiro atoms. The van der Waals surface area contributed by atoms with Crippen LogP contribution in [0.15, 0.2) is 30.3 Å². The minimum absolute atomic E-state index is 0.307. The Labute approximate surface area is 98.2 Å². The molecule has 1 aromatic rings. The summed E-state index contributed by atoms with van der Waals surface area (Å²) >= 11 is 4.94. The van der Waals surface area contributed by atoms with Crippen molar-refractivity contribution >= 4 is 29.0 Å². The molecule has 0 saturated carbocycles. The summed E-state index contributed by atoms with van der Waals surface area (Å²) in [5.74, 6) is -1.11. The van der Waals surface area contributed by atoms with Crippen LogP contribution in [-0.2, 0) is 4.79 Å². The van der Waals surface area contributed by atoms with E-state index in [1.54, 1.807) is 31.2 Å². The molecule has 16 heavy (non-hydrogen) atoms. The first kappa shape index (κ1) is 10.8. The van der Waals surface area contributed by atoms with Crippen molar-refractivity contribution in [1.82, 2.24) is 10.4 Å². The fourth-order valence-electron chi connectivity index (χ4n) is 1.43. The third kappa shape index (κ3) is 1.69. The maximum absolute atomic E-state index is 11.9. The van der Waals surface area contributed by atoms with E-state index in [0.29, 0.717) is 10.6 Å². The van der Waals surface area contributed by atoms with Crippen molar-refractivity contribution in [3.63, 3.8) is 0 Å². The van der Waals surface area contributed by atoms with E-state index in [1.807, 2.05) is 6.07 Å². The number of amides is 2. The number of nitrogens with zero attached hydrogens (tertiary/aromatic N) is 1. The van der Waals surface area contributed by atoms with Crippen LogP contribution >= 0.6 is 12.2 Å². The van der Waals surface area contributed by atoms with Gasteiger partial charge in [-0.15, -0.1) is 0 Å². The zero-order chi connectivity index (χ0) is 11.7. The molecule has 1 saturated heterocycles. The van der Waals surface area contributed by atoms with Crippen molar-refractivity contribution in [2.24, 2.45) is 5.92 Å². The minimum atomic E-state index is -0.428. The number of hydrogen-bond donors (Lipinski definition) is 1. The summed E-state index contributed by atoms with van der Waals surface area (Å²) in [6, 6.07) is 8.61. The van der Waals surface area contributed by atoms with Crippen LogP contribution in [-0.4, -0.2) is 21.8 Å². The van der Waals surface area contributed by atoms with Crippen LogP contribution in [0.1, 0.15) is 17.3 Å². The topological polar surface area (TPSA) is 49.4 Å². The van der Waals surface area contributed by atoms with Gasteiger partial charge in [-0.25, -0.2) is 0 Å². The third-order valence-electron chi connectivity index (χ3n) is 2.43. The van der Waals surface area contributed by atoms with Gasteiger partial charge in [0.05, 0.1) is 5.92 Å². The standard InChI is InChI=1S/C11H10N2O2S/c1-7-9(16)12-13(10(7)14)11(15)8-5-3-2-4-6-8/h2-7H,1H3,(H,12,16). The second-order valence-electron chi connectivity index (χ2n) is 3.54. The maximum Gasteiger partial charge on any atom is 0.279 e. The fraction of sp³-hybridized carbons (Fsp3) is 0.182. The molecule has 1 aliphatic heterocycles. The predicted octanol–water partition coefficient (Wildman–Crippen LogP) is 1.14. The van der Waals surface area contributed by atoms with E-state index >= 15 is 0 Å². The zero-order valence-corrected chi connectivity index (χ0v) is 9.45. The van der Waals surface area contributed by atoms with Gasteiger partial charge in [0.2, 0.25) is 0 Å². The fourth-order valence-corrected chi connectivity index (χ4v) is 1.62. The number of carbonyl (C=O) groups excluding carboxylic acids is 2. The quantitative estimate of drug-likeness (QED) is 0.584. The highest BCUT2D eigenvalue weighted by Crippen LogP contribution is 2.14. The predicted molar refractivity (Wildman–Crippen MR) is 62.5 cm³/mol. The SMILES string of the molecule is CC1C(=O)N(C(=O)c2ccccc2)NC1=S. The van der Waals surface area contributed by atoms with Gasteiger partial charge in [-0.1, -0.05) is 30.4 Å². The van der Waals surface area contributed by atoms with E-state index < -0.39 is 5.92 Å². The van der Waals surface area contributed by atoms with Crippen LogP contribution in [0.25, 0.3) is 0 Å². The summed E-state index contributed by atoms with van der Waals surface area (Å²) in [4.78, 5) is 24.0. The highest BCUT2D eigenvalue weighted by atomic mass is 32.1. The molecular formula is C11H10N2O2S. The largest absolute Gasteiger partial charge is 0.281 e. The third-order valence-corrected chi connectivity index (χ3v) is 2.87. The van der Waals surface area contributed by atoms with Crippen LogP contribution < -0.4 is 5.43 Å². The number of hydrazine groups is 1. The van der Waals surface area contributed by atoms with E-state index in [0.717, 1.165) is 5.01 Å². The number of thiocarbonyl (C=S) groups is 1. The molecule has 0 aromatic heterocycles. The van der Waals surface area contributed by atoms with E-state index in [9.17, 15) is 9.59 Å². The number of benzene rings is 1. The van der Waals surface area contributed by atoms with Crippen LogP contribution in [0, 0.1) is 5.92 Å². The van der Waals surface area contributed by atoms with Gasteiger partial charge >= 0.3 is 0 Å². The molecule has 1 unspecified atom stereocenters. The maximum atomic E-state index is 11.9. The van der Waals surface area contributed by atoms with Gasteiger partial charge < -0.3 is 0 Å². The molecule has 0 aliphatic carbocycles. The van der Waals surface area contributed by atoms with Gasteiger partial charge in [0, 0.05) is 5.56 Å². The summed E-state index contributed by atoms with van der Waals surface area (Å²) in [6.07, 6.45) is 0.